The molecule has 0 radical (unpaired) electrons. The fraction of sp³-hybridized carbons (Fsp3) is 0.562. The maximum Gasteiger partial charge on any atom is 0.260 e. The molecule has 0 saturated heterocycles. The highest BCUT2D eigenvalue weighted by Crippen LogP contribution is 2.15. The zero-order chi connectivity index (χ0) is 14.8. The number of nitrogens with one attached hydrogen (secondary N) is 2. The summed E-state index contributed by atoms with van der Waals surface area (Å²) < 4.78 is 5.68. The summed E-state index contributed by atoms with van der Waals surface area (Å²) in [5.41, 5.74) is 1.14. The van der Waals surface area contributed by atoms with Gasteiger partial charge in [-0.15, -0.1) is 0 Å². The van der Waals surface area contributed by atoms with Gasteiger partial charge in [0, 0.05) is 13.1 Å². The van der Waals surface area contributed by atoms with Crippen LogP contribution >= 0.6 is 0 Å². The van der Waals surface area contributed by atoms with E-state index in [1.807, 2.05) is 31.3 Å². The minimum atomic E-state index is -0.471. The largest absolute Gasteiger partial charge is 0.481 e. The number of carbonyl (C=O) groups is 1. The molecule has 20 heavy (non-hydrogen) atoms. The molecule has 1 amide bonds. The fourth-order valence-electron chi connectivity index (χ4n) is 1.92. The van der Waals surface area contributed by atoms with Gasteiger partial charge in [-0.1, -0.05) is 31.9 Å². The summed E-state index contributed by atoms with van der Waals surface area (Å²) in [7, 11) is 1.90. The molecule has 2 N–H and O–H groups in total. The highest BCUT2D eigenvalue weighted by atomic mass is 16.5. The summed E-state index contributed by atoms with van der Waals surface area (Å²) in [4.78, 5) is 11.9. The Labute approximate surface area is 121 Å². The van der Waals surface area contributed by atoms with E-state index in [-0.39, 0.29) is 5.91 Å². The third-order valence-electron chi connectivity index (χ3n) is 3.04. The Morgan fingerprint density at radius 1 is 1.35 bits per heavy atom. The van der Waals surface area contributed by atoms with Gasteiger partial charge >= 0.3 is 0 Å². The first kappa shape index (κ1) is 16.5. The van der Waals surface area contributed by atoms with E-state index in [0.29, 0.717) is 0 Å². The molecule has 1 atom stereocenters. The smallest absolute Gasteiger partial charge is 0.260 e. The molecule has 0 fully saturated rings. The van der Waals surface area contributed by atoms with Crippen LogP contribution in [0.2, 0.25) is 0 Å². The lowest BCUT2D eigenvalue weighted by Crippen LogP contribution is -2.36. The topological polar surface area (TPSA) is 50.4 Å². The maximum absolute atomic E-state index is 11.9. The van der Waals surface area contributed by atoms with Crippen molar-refractivity contribution in [3.05, 3.63) is 29.8 Å². The summed E-state index contributed by atoms with van der Waals surface area (Å²) in [6.07, 6.45) is 2.84. The van der Waals surface area contributed by atoms with Gasteiger partial charge in [0.15, 0.2) is 6.10 Å². The van der Waals surface area contributed by atoms with E-state index in [1.54, 1.807) is 6.92 Å². The molecule has 0 spiro atoms. The van der Waals surface area contributed by atoms with Gasteiger partial charge in [0.2, 0.25) is 0 Å². The lowest BCUT2D eigenvalue weighted by atomic mass is 10.2. The predicted octanol–water partition coefficient (Wildman–Crippen LogP) is 2.48. The first-order chi connectivity index (χ1) is 9.67. The number of ether oxygens (including phenoxy) is 1. The van der Waals surface area contributed by atoms with Gasteiger partial charge in [-0.05, 0) is 38.1 Å². The Morgan fingerprint density at radius 2 is 2.15 bits per heavy atom. The fourth-order valence-corrected chi connectivity index (χ4v) is 1.92. The zero-order valence-corrected chi connectivity index (χ0v) is 12.7. The average molecular weight is 278 g/mol. The molecule has 0 aliphatic carbocycles. The molecule has 4 heteroatoms. The molecule has 0 saturated carbocycles. The Bertz CT molecular complexity index is 407. The van der Waals surface area contributed by atoms with Crippen molar-refractivity contribution in [2.75, 3.05) is 13.6 Å². The second-order valence-corrected chi connectivity index (χ2v) is 4.94. The van der Waals surface area contributed by atoms with Gasteiger partial charge in [-0.3, -0.25) is 4.79 Å². The molecule has 4 nitrogen and oxygen atoms in total. The van der Waals surface area contributed by atoms with Crippen molar-refractivity contribution >= 4 is 5.91 Å². The zero-order valence-electron chi connectivity index (χ0n) is 12.7. The Morgan fingerprint density at radius 3 is 2.85 bits per heavy atom. The summed E-state index contributed by atoms with van der Waals surface area (Å²) in [6.45, 7) is 5.43. The molecule has 0 aliphatic heterocycles. The highest BCUT2D eigenvalue weighted by molar-refractivity contribution is 5.80. The molecular weight excluding hydrogens is 252 g/mol. The van der Waals surface area contributed by atoms with Crippen LogP contribution in [0, 0.1) is 0 Å². The number of carbonyl (C=O) groups excluding carboxylic acids is 1. The number of rotatable bonds is 9. The van der Waals surface area contributed by atoms with Gasteiger partial charge < -0.3 is 15.4 Å². The number of hydrogen-bond acceptors (Lipinski definition) is 3. The number of unbranched alkanes of at least 4 members (excludes halogenated alkanes) is 2. The van der Waals surface area contributed by atoms with Gasteiger partial charge in [0.05, 0.1) is 0 Å². The van der Waals surface area contributed by atoms with Crippen LogP contribution in [0.15, 0.2) is 24.3 Å². The normalized spacial score (nSPS) is 11.9. The molecule has 0 heterocycles. The summed E-state index contributed by atoms with van der Waals surface area (Å²) >= 11 is 0. The molecule has 1 aromatic rings. The Kier molecular flexibility index (Phi) is 7.73. The number of benzene rings is 1. The van der Waals surface area contributed by atoms with Crippen molar-refractivity contribution in [3.63, 3.8) is 0 Å². The molecule has 1 aromatic carbocycles. The SMILES string of the molecule is CCCCCNC(=O)C(C)Oc1cccc(CNC)c1. The van der Waals surface area contributed by atoms with Crippen LogP contribution in [0.25, 0.3) is 0 Å². The summed E-state index contributed by atoms with van der Waals surface area (Å²) in [6, 6.07) is 7.80. The second-order valence-electron chi connectivity index (χ2n) is 4.94. The lowest BCUT2D eigenvalue weighted by Gasteiger charge is -2.15. The van der Waals surface area contributed by atoms with Crippen LogP contribution in [0.3, 0.4) is 0 Å². The number of amides is 1. The number of hydrogen-bond donors (Lipinski definition) is 2. The predicted molar refractivity (Wildman–Crippen MR) is 81.8 cm³/mol. The molecular formula is C16H26N2O2. The van der Waals surface area contributed by atoms with Crippen LogP contribution in [-0.4, -0.2) is 25.6 Å². The summed E-state index contributed by atoms with van der Waals surface area (Å²) in [5, 5.41) is 5.99. The van der Waals surface area contributed by atoms with Crippen LogP contribution in [-0.2, 0) is 11.3 Å². The first-order valence-electron chi connectivity index (χ1n) is 7.35. The van der Waals surface area contributed by atoms with Crippen LogP contribution in [0.5, 0.6) is 5.75 Å². The van der Waals surface area contributed by atoms with E-state index < -0.39 is 6.10 Å². The maximum atomic E-state index is 11.9. The van der Waals surface area contributed by atoms with E-state index in [1.165, 1.54) is 0 Å². The molecule has 0 aromatic heterocycles. The van der Waals surface area contributed by atoms with E-state index in [2.05, 4.69) is 17.6 Å². The Hall–Kier alpha value is -1.55. The van der Waals surface area contributed by atoms with Crippen molar-refractivity contribution < 1.29 is 9.53 Å². The minimum Gasteiger partial charge on any atom is -0.481 e. The van der Waals surface area contributed by atoms with Gasteiger partial charge in [0.25, 0.3) is 5.91 Å². The van der Waals surface area contributed by atoms with Crippen molar-refractivity contribution in [2.45, 2.75) is 45.8 Å². The minimum absolute atomic E-state index is 0.0554. The van der Waals surface area contributed by atoms with Gasteiger partial charge in [-0.25, -0.2) is 0 Å². The van der Waals surface area contributed by atoms with E-state index in [4.69, 9.17) is 4.74 Å². The molecule has 0 bridgehead atoms. The molecule has 112 valence electrons. The summed E-state index contributed by atoms with van der Waals surface area (Å²) in [5.74, 6) is 0.675. The monoisotopic (exact) mass is 278 g/mol. The van der Waals surface area contributed by atoms with Gasteiger partial charge in [0.1, 0.15) is 5.75 Å². The molecule has 1 rings (SSSR count). The average Bonchev–Trinajstić information content (AvgIpc) is 2.44. The lowest BCUT2D eigenvalue weighted by molar-refractivity contribution is -0.127. The first-order valence-corrected chi connectivity index (χ1v) is 7.35. The van der Waals surface area contributed by atoms with Crippen LogP contribution in [0.4, 0.5) is 0 Å². The van der Waals surface area contributed by atoms with E-state index >= 15 is 0 Å². The quantitative estimate of drug-likeness (QED) is 0.682. The van der Waals surface area contributed by atoms with Crippen LogP contribution in [0.1, 0.15) is 38.7 Å². The van der Waals surface area contributed by atoms with Crippen molar-refractivity contribution in [3.8, 4) is 5.75 Å². The van der Waals surface area contributed by atoms with Crippen molar-refractivity contribution in [1.29, 1.82) is 0 Å². The van der Waals surface area contributed by atoms with E-state index in [9.17, 15) is 4.79 Å². The van der Waals surface area contributed by atoms with Crippen LogP contribution < -0.4 is 15.4 Å². The highest BCUT2D eigenvalue weighted by Gasteiger charge is 2.13. The van der Waals surface area contributed by atoms with E-state index in [0.717, 1.165) is 43.7 Å². The van der Waals surface area contributed by atoms with Crippen molar-refractivity contribution in [1.82, 2.24) is 10.6 Å². The molecule has 1 unspecified atom stereocenters. The Balaban J connectivity index is 2.42. The third kappa shape index (κ3) is 6.06. The van der Waals surface area contributed by atoms with Crippen molar-refractivity contribution in [2.24, 2.45) is 0 Å². The standard InChI is InChI=1S/C16H26N2O2/c1-4-5-6-10-18-16(19)13(2)20-15-9-7-8-14(11-15)12-17-3/h7-9,11,13,17H,4-6,10,12H2,1-3H3,(H,18,19). The van der Waals surface area contributed by atoms with Gasteiger partial charge in [-0.2, -0.15) is 0 Å². The molecule has 0 aliphatic rings. The second kappa shape index (κ2) is 9.37. The third-order valence-corrected chi connectivity index (χ3v) is 3.04.